The highest BCUT2D eigenvalue weighted by Gasteiger charge is 2.15. The molecule has 3 rings (SSSR count). The van der Waals surface area contributed by atoms with E-state index in [0.29, 0.717) is 5.82 Å². The van der Waals surface area contributed by atoms with Gasteiger partial charge in [0.25, 0.3) is 0 Å². The summed E-state index contributed by atoms with van der Waals surface area (Å²) in [5, 5.41) is 0. The summed E-state index contributed by atoms with van der Waals surface area (Å²) in [5.41, 5.74) is 5.44. The van der Waals surface area contributed by atoms with Crippen molar-refractivity contribution in [3.05, 3.63) is 47.8 Å². The van der Waals surface area contributed by atoms with E-state index in [1.54, 1.807) is 6.33 Å². The van der Waals surface area contributed by atoms with Gasteiger partial charge in [-0.15, -0.1) is 0 Å². The lowest BCUT2D eigenvalue weighted by Gasteiger charge is -2.21. The molecule has 0 spiro atoms. The summed E-state index contributed by atoms with van der Waals surface area (Å²) < 4.78 is 0. The van der Waals surface area contributed by atoms with Crippen LogP contribution in [0.4, 0.5) is 11.6 Å². The average Bonchev–Trinajstić information content (AvgIpc) is 2.70. The van der Waals surface area contributed by atoms with E-state index in [4.69, 9.17) is 5.84 Å². The molecule has 5 nitrogen and oxygen atoms in total. The van der Waals surface area contributed by atoms with Gasteiger partial charge in [0.2, 0.25) is 0 Å². The lowest BCUT2D eigenvalue weighted by Crippen LogP contribution is -2.27. The highest BCUT2D eigenvalue weighted by molar-refractivity contribution is 5.48. The van der Waals surface area contributed by atoms with Gasteiger partial charge in [-0.3, -0.25) is 0 Å². The number of nitrogens with zero attached hydrogens (tertiary/aromatic N) is 3. The Kier molecular flexibility index (Phi) is 3.29. The number of rotatable bonds is 2. The van der Waals surface area contributed by atoms with Gasteiger partial charge in [-0.2, -0.15) is 0 Å². The molecule has 1 aromatic heterocycles. The first kappa shape index (κ1) is 11.9. The molecule has 0 saturated heterocycles. The summed E-state index contributed by atoms with van der Waals surface area (Å²) in [6, 6.07) is 10.5. The first-order valence-corrected chi connectivity index (χ1v) is 6.47. The number of benzene rings is 1. The number of nitrogens with one attached hydrogen (secondary N) is 1. The SMILES string of the molecule is NNc1cc(N2CCc3ccccc3CC2)ncn1. The molecule has 0 saturated carbocycles. The molecule has 0 amide bonds. The van der Waals surface area contributed by atoms with Crippen LogP contribution in [0.2, 0.25) is 0 Å². The maximum Gasteiger partial charge on any atom is 0.145 e. The zero-order valence-electron chi connectivity index (χ0n) is 10.7. The van der Waals surface area contributed by atoms with Crippen LogP contribution in [-0.2, 0) is 12.8 Å². The van der Waals surface area contributed by atoms with Crippen LogP contribution in [0.25, 0.3) is 0 Å². The van der Waals surface area contributed by atoms with Crippen LogP contribution in [0.3, 0.4) is 0 Å². The highest BCUT2D eigenvalue weighted by atomic mass is 15.3. The second-order valence-corrected chi connectivity index (χ2v) is 4.66. The van der Waals surface area contributed by atoms with Gasteiger partial charge in [0.1, 0.15) is 18.0 Å². The van der Waals surface area contributed by atoms with E-state index in [-0.39, 0.29) is 0 Å². The van der Waals surface area contributed by atoms with Gasteiger partial charge < -0.3 is 10.3 Å². The highest BCUT2D eigenvalue weighted by Crippen LogP contribution is 2.20. The van der Waals surface area contributed by atoms with Crippen molar-refractivity contribution in [3.8, 4) is 0 Å². The van der Waals surface area contributed by atoms with Crippen molar-refractivity contribution in [1.29, 1.82) is 0 Å². The standard InChI is InChI=1S/C14H17N5/c15-18-13-9-14(17-10-16-13)19-7-5-11-3-1-2-4-12(11)6-8-19/h1-4,9-10H,5-8,15H2,(H,16,17,18). The van der Waals surface area contributed by atoms with E-state index in [1.165, 1.54) is 11.1 Å². The number of nitrogens with two attached hydrogens (primary N) is 1. The Labute approximate surface area is 112 Å². The summed E-state index contributed by atoms with van der Waals surface area (Å²) in [7, 11) is 0. The normalized spacial score (nSPS) is 14.7. The van der Waals surface area contributed by atoms with Crippen molar-refractivity contribution in [3.63, 3.8) is 0 Å². The number of hydrazine groups is 1. The van der Waals surface area contributed by atoms with Crippen LogP contribution < -0.4 is 16.2 Å². The Morgan fingerprint density at radius 2 is 1.74 bits per heavy atom. The summed E-state index contributed by atoms with van der Waals surface area (Å²) in [6.07, 6.45) is 3.64. The molecule has 3 N–H and O–H groups in total. The number of fused-ring (bicyclic) bond motifs is 1. The minimum atomic E-state index is 0.645. The third kappa shape index (κ3) is 2.51. The second kappa shape index (κ2) is 5.24. The van der Waals surface area contributed by atoms with Crippen molar-refractivity contribution < 1.29 is 0 Å². The van der Waals surface area contributed by atoms with Gasteiger partial charge in [-0.1, -0.05) is 24.3 Å². The average molecular weight is 255 g/mol. The Balaban J connectivity index is 1.81. The van der Waals surface area contributed by atoms with Gasteiger partial charge >= 0.3 is 0 Å². The molecule has 98 valence electrons. The lowest BCUT2D eigenvalue weighted by molar-refractivity contribution is 0.788. The van der Waals surface area contributed by atoms with Crippen molar-refractivity contribution in [2.24, 2.45) is 5.84 Å². The Morgan fingerprint density at radius 1 is 1.05 bits per heavy atom. The molecule has 2 heterocycles. The topological polar surface area (TPSA) is 67.1 Å². The van der Waals surface area contributed by atoms with Crippen molar-refractivity contribution in [2.45, 2.75) is 12.8 Å². The molecule has 0 unspecified atom stereocenters. The molecule has 2 aromatic rings. The molecule has 0 fully saturated rings. The van der Waals surface area contributed by atoms with Crippen molar-refractivity contribution in [1.82, 2.24) is 9.97 Å². The minimum absolute atomic E-state index is 0.645. The molecule has 0 aliphatic carbocycles. The smallest absolute Gasteiger partial charge is 0.145 e. The molecule has 1 aliphatic heterocycles. The van der Waals surface area contributed by atoms with Gasteiger partial charge in [0, 0.05) is 19.2 Å². The van der Waals surface area contributed by atoms with Gasteiger partial charge in [-0.25, -0.2) is 15.8 Å². The van der Waals surface area contributed by atoms with E-state index in [0.717, 1.165) is 31.7 Å². The third-order valence-electron chi connectivity index (χ3n) is 3.55. The predicted molar refractivity (Wildman–Crippen MR) is 75.9 cm³/mol. The zero-order chi connectivity index (χ0) is 13.1. The monoisotopic (exact) mass is 255 g/mol. The van der Waals surface area contributed by atoms with Crippen LogP contribution in [0, 0.1) is 0 Å². The summed E-state index contributed by atoms with van der Waals surface area (Å²) in [5.74, 6) is 6.96. The summed E-state index contributed by atoms with van der Waals surface area (Å²) in [6.45, 7) is 1.94. The third-order valence-corrected chi connectivity index (χ3v) is 3.55. The van der Waals surface area contributed by atoms with Crippen LogP contribution in [0.1, 0.15) is 11.1 Å². The molecule has 1 aliphatic rings. The maximum absolute atomic E-state index is 5.39. The molecule has 0 bridgehead atoms. The Bertz CT molecular complexity index is 542. The summed E-state index contributed by atoms with van der Waals surface area (Å²) in [4.78, 5) is 10.7. The maximum atomic E-state index is 5.39. The number of nitrogen functional groups attached to an aromatic ring is 1. The van der Waals surface area contributed by atoms with Crippen molar-refractivity contribution >= 4 is 11.6 Å². The fraction of sp³-hybridized carbons (Fsp3) is 0.286. The second-order valence-electron chi connectivity index (χ2n) is 4.66. The van der Waals surface area contributed by atoms with Gasteiger partial charge in [0.05, 0.1) is 0 Å². The first-order valence-electron chi connectivity index (χ1n) is 6.47. The van der Waals surface area contributed by atoms with Gasteiger partial charge in [-0.05, 0) is 24.0 Å². The molecule has 0 radical (unpaired) electrons. The molecular formula is C14H17N5. The minimum Gasteiger partial charge on any atom is -0.356 e. The van der Waals surface area contributed by atoms with Crippen LogP contribution in [0.15, 0.2) is 36.7 Å². The fourth-order valence-electron chi connectivity index (χ4n) is 2.50. The predicted octanol–water partition coefficient (Wildman–Crippen LogP) is 1.37. The van der Waals surface area contributed by atoms with E-state index in [9.17, 15) is 0 Å². The molecule has 0 atom stereocenters. The Morgan fingerprint density at radius 3 is 2.37 bits per heavy atom. The largest absolute Gasteiger partial charge is 0.356 e. The lowest BCUT2D eigenvalue weighted by atomic mass is 10.0. The quantitative estimate of drug-likeness (QED) is 0.626. The van der Waals surface area contributed by atoms with Crippen molar-refractivity contribution in [2.75, 3.05) is 23.4 Å². The number of hydrogen-bond acceptors (Lipinski definition) is 5. The van der Waals surface area contributed by atoms with E-state index in [2.05, 4.69) is 44.6 Å². The molecular weight excluding hydrogens is 238 g/mol. The van der Waals surface area contributed by atoms with Crippen LogP contribution in [0.5, 0.6) is 0 Å². The van der Waals surface area contributed by atoms with E-state index < -0.39 is 0 Å². The molecule has 19 heavy (non-hydrogen) atoms. The van der Waals surface area contributed by atoms with Crippen LogP contribution in [-0.4, -0.2) is 23.1 Å². The van der Waals surface area contributed by atoms with Gasteiger partial charge in [0.15, 0.2) is 0 Å². The molecule has 5 heteroatoms. The number of anilines is 2. The fourth-order valence-corrected chi connectivity index (χ4v) is 2.50. The summed E-state index contributed by atoms with van der Waals surface area (Å²) >= 11 is 0. The first-order chi connectivity index (χ1) is 9.36. The van der Waals surface area contributed by atoms with Crippen LogP contribution >= 0.6 is 0 Å². The van der Waals surface area contributed by atoms with E-state index >= 15 is 0 Å². The Hall–Kier alpha value is -2.14. The zero-order valence-corrected chi connectivity index (χ0v) is 10.7. The van der Waals surface area contributed by atoms with E-state index in [1.807, 2.05) is 6.07 Å². The number of hydrogen-bond donors (Lipinski definition) is 2. The number of aromatic nitrogens is 2. The molecule has 1 aromatic carbocycles.